The van der Waals surface area contributed by atoms with Crippen LogP contribution in [0.5, 0.6) is 0 Å². The standard InChI is InChI=1S/C11H18ClN3O/c1-4-9(5-6-16)15-11-7(2)10(12)13-8(3)14-11/h9,16H,4-6H2,1-3H3,(H,13,14,15). The van der Waals surface area contributed by atoms with Crippen LogP contribution in [0, 0.1) is 13.8 Å². The average molecular weight is 244 g/mol. The van der Waals surface area contributed by atoms with Crippen LogP contribution < -0.4 is 5.32 Å². The van der Waals surface area contributed by atoms with Crippen LogP contribution in [0.3, 0.4) is 0 Å². The SMILES string of the molecule is CCC(CCO)Nc1nc(C)nc(Cl)c1C. The summed E-state index contributed by atoms with van der Waals surface area (Å²) in [5.41, 5.74) is 0.851. The molecular formula is C11H18ClN3O. The van der Waals surface area contributed by atoms with Gasteiger partial charge in [0.25, 0.3) is 0 Å². The Hall–Kier alpha value is -0.870. The van der Waals surface area contributed by atoms with Crippen LogP contribution >= 0.6 is 11.6 Å². The zero-order valence-electron chi connectivity index (χ0n) is 9.92. The molecular weight excluding hydrogens is 226 g/mol. The Kier molecular flexibility index (Phi) is 4.96. The van der Waals surface area contributed by atoms with Gasteiger partial charge in [-0.15, -0.1) is 0 Å². The van der Waals surface area contributed by atoms with E-state index in [0.717, 1.165) is 17.8 Å². The lowest BCUT2D eigenvalue weighted by atomic mass is 10.1. The van der Waals surface area contributed by atoms with E-state index < -0.39 is 0 Å². The van der Waals surface area contributed by atoms with Gasteiger partial charge in [-0.25, -0.2) is 9.97 Å². The molecule has 1 heterocycles. The summed E-state index contributed by atoms with van der Waals surface area (Å²) in [6, 6.07) is 0.217. The first kappa shape index (κ1) is 13.2. The smallest absolute Gasteiger partial charge is 0.137 e. The average Bonchev–Trinajstić information content (AvgIpc) is 2.24. The minimum atomic E-state index is 0.169. The maximum absolute atomic E-state index is 8.93. The summed E-state index contributed by atoms with van der Waals surface area (Å²) in [5, 5.41) is 12.7. The molecule has 0 aromatic carbocycles. The Balaban J connectivity index is 2.87. The first-order valence-corrected chi connectivity index (χ1v) is 5.84. The highest BCUT2D eigenvalue weighted by Crippen LogP contribution is 2.21. The van der Waals surface area contributed by atoms with Crippen molar-refractivity contribution in [2.45, 2.75) is 39.7 Å². The van der Waals surface area contributed by atoms with Gasteiger partial charge in [0.05, 0.1) is 0 Å². The number of rotatable bonds is 5. The van der Waals surface area contributed by atoms with Crippen LogP contribution in [0.4, 0.5) is 5.82 Å². The molecule has 1 unspecified atom stereocenters. The van der Waals surface area contributed by atoms with Crippen LogP contribution in [0.25, 0.3) is 0 Å². The number of hydrogen-bond acceptors (Lipinski definition) is 4. The first-order chi connectivity index (χ1) is 7.58. The van der Waals surface area contributed by atoms with E-state index in [1.165, 1.54) is 0 Å². The topological polar surface area (TPSA) is 58.0 Å². The molecule has 0 aliphatic carbocycles. The van der Waals surface area contributed by atoms with E-state index in [1.54, 1.807) is 0 Å². The summed E-state index contributed by atoms with van der Waals surface area (Å²) in [6.07, 6.45) is 1.64. The molecule has 0 saturated carbocycles. The second-order valence-electron chi connectivity index (χ2n) is 3.80. The molecule has 1 atom stereocenters. The third-order valence-corrected chi connectivity index (χ3v) is 2.88. The molecule has 0 saturated heterocycles. The van der Waals surface area contributed by atoms with E-state index in [4.69, 9.17) is 16.7 Å². The van der Waals surface area contributed by atoms with E-state index in [0.29, 0.717) is 17.4 Å². The van der Waals surface area contributed by atoms with E-state index in [-0.39, 0.29) is 12.6 Å². The van der Waals surface area contributed by atoms with Crippen molar-refractivity contribution in [1.29, 1.82) is 0 Å². The molecule has 4 nitrogen and oxygen atoms in total. The predicted octanol–water partition coefficient (Wildman–Crippen LogP) is 2.32. The Morgan fingerprint density at radius 3 is 2.62 bits per heavy atom. The molecule has 0 radical (unpaired) electrons. The quantitative estimate of drug-likeness (QED) is 0.780. The fourth-order valence-electron chi connectivity index (χ4n) is 1.46. The minimum absolute atomic E-state index is 0.169. The highest BCUT2D eigenvalue weighted by molar-refractivity contribution is 6.30. The number of aliphatic hydroxyl groups is 1. The third-order valence-electron chi connectivity index (χ3n) is 2.51. The van der Waals surface area contributed by atoms with Crippen LogP contribution in [0.1, 0.15) is 31.2 Å². The van der Waals surface area contributed by atoms with Crippen molar-refractivity contribution in [2.24, 2.45) is 0 Å². The zero-order chi connectivity index (χ0) is 12.1. The van der Waals surface area contributed by atoms with E-state index >= 15 is 0 Å². The van der Waals surface area contributed by atoms with Gasteiger partial charge in [-0.1, -0.05) is 18.5 Å². The molecule has 0 amide bonds. The molecule has 0 aliphatic heterocycles. The lowest BCUT2D eigenvalue weighted by Crippen LogP contribution is -2.21. The van der Waals surface area contributed by atoms with Crippen molar-refractivity contribution in [2.75, 3.05) is 11.9 Å². The van der Waals surface area contributed by atoms with Crippen LogP contribution in [0.2, 0.25) is 5.15 Å². The largest absolute Gasteiger partial charge is 0.396 e. The minimum Gasteiger partial charge on any atom is -0.396 e. The van der Waals surface area contributed by atoms with E-state index in [2.05, 4.69) is 22.2 Å². The Labute approximate surface area is 101 Å². The number of aryl methyl sites for hydroxylation is 1. The molecule has 5 heteroatoms. The fraction of sp³-hybridized carbons (Fsp3) is 0.636. The van der Waals surface area contributed by atoms with Gasteiger partial charge in [-0.3, -0.25) is 0 Å². The molecule has 0 bridgehead atoms. The number of aromatic nitrogens is 2. The van der Waals surface area contributed by atoms with Gasteiger partial charge < -0.3 is 10.4 Å². The summed E-state index contributed by atoms with van der Waals surface area (Å²) in [5.74, 6) is 1.41. The van der Waals surface area contributed by atoms with E-state index in [1.807, 2.05) is 13.8 Å². The Morgan fingerprint density at radius 2 is 2.06 bits per heavy atom. The van der Waals surface area contributed by atoms with Crippen molar-refractivity contribution in [1.82, 2.24) is 9.97 Å². The molecule has 2 N–H and O–H groups in total. The van der Waals surface area contributed by atoms with Crippen LogP contribution in [-0.2, 0) is 0 Å². The van der Waals surface area contributed by atoms with Crippen LogP contribution in [-0.4, -0.2) is 27.7 Å². The highest BCUT2D eigenvalue weighted by Gasteiger charge is 2.11. The van der Waals surface area contributed by atoms with Gasteiger partial charge >= 0.3 is 0 Å². The third kappa shape index (κ3) is 3.32. The number of nitrogens with zero attached hydrogens (tertiary/aromatic N) is 2. The highest BCUT2D eigenvalue weighted by atomic mass is 35.5. The summed E-state index contributed by atoms with van der Waals surface area (Å²) < 4.78 is 0. The second kappa shape index (κ2) is 6.01. The summed E-state index contributed by atoms with van der Waals surface area (Å²) >= 11 is 5.98. The second-order valence-corrected chi connectivity index (χ2v) is 4.16. The molecule has 90 valence electrons. The van der Waals surface area contributed by atoms with Crippen molar-refractivity contribution in [3.63, 3.8) is 0 Å². The van der Waals surface area contributed by atoms with Crippen molar-refractivity contribution < 1.29 is 5.11 Å². The monoisotopic (exact) mass is 243 g/mol. The van der Waals surface area contributed by atoms with Crippen molar-refractivity contribution in [3.05, 3.63) is 16.5 Å². The number of hydrogen-bond donors (Lipinski definition) is 2. The molecule has 1 aromatic heterocycles. The van der Waals surface area contributed by atoms with Crippen molar-refractivity contribution >= 4 is 17.4 Å². The Morgan fingerprint density at radius 1 is 1.38 bits per heavy atom. The van der Waals surface area contributed by atoms with Gasteiger partial charge in [0, 0.05) is 18.2 Å². The zero-order valence-corrected chi connectivity index (χ0v) is 10.7. The van der Waals surface area contributed by atoms with Gasteiger partial charge in [-0.05, 0) is 26.7 Å². The molecule has 1 rings (SSSR count). The molecule has 0 aliphatic rings. The normalized spacial score (nSPS) is 12.6. The summed E-state index contributed by atoms with van der Waals surface area (Å²) in [4.78, 5) is 8.39. The van der Waals surface area contributed by atoms with Gasteiger partial charge in [0.1, 0.15) is 16.8 Å². The van der Waals surface area contributed by atoms with Crippen LogP contribution in [0.15, 0.2) is 0 Å². The number of nitrogens with one attached hydrogen (secondary N) is 1. The molecule has 0 spiro atoms. The predicted molar refractivity (Wildman–Crippen MR) is 65.9 cm³/mol. The van der Waals surface area contributed by atoms with E-state index in [9.17, 15) is 0 Å². The lowest BCUT2D eigenvalue weighted by molar-refractivity contribution is 0.278. The number of halogens is 1. The van der Waals surface area contributed by atoms with Crippen molar-refractivity contribution in [3.8, 4) is 0 Å². The number of aliphatic hydroxyl groups excluding tert-OH is 1. The maximum atomic E-state index is 8.93. The fourth-order valence-corrected chi connectivity index (χ4v) is 1.67. The van der Waals surface area contributed by atoms with Gasteiger partial charge in [0.2, 0.25) is 0 Å². The Bertz CT molecular complexity index is 357. The van der Waals surface area contributed by atoms with Gasteiger partial charge in [0.15, 0.2) is 0 Å². The number of anilines is 1. The lowest BCUT2D eigenvalue weighted by Gasteiger charge is -2.18. The summed E-state index contributed by atoms with van der Waals surface area (Å²) in [6.45, 7) is 5.93. The molecule has 1 aromatic rings. The van der Waals surface area contributed by atoms with Gasteiger partial charge in [-0.2, -0.15) is 0 Å². The molecule has 16 heavy (non-hydrogen) atoms. The first-order valence-electron chi connectivity index (χ1n) is 5.46. The summed E-state index contributed by atoms with van der Waals surface area (Å²) in [7, 11) is 0. The maximum Gasteiger partial charge on any atom is 0.137 e. The molecule has 0 fully saturated rings.